The Morgan fingerprint density at radius 3 is 2.68 bits per heavy atom. The minimum atomic E-state index is -0.241. The molecule has 0 saturated heterocycles. The zero-order valence-electron chi connectivity index (χ0n) is 21.4. The maximum Gasteiger partial charge on any atom is 0.255 e. The second-order valence-corrected chi connectivity index (χ2v) is 9.32. The summed E-state index contributed by atoms with van der Waals surface area (Å²) in [5.74, 6) is -0.428. The van der Waals surface area contributed by atoms with E-state index >= 15 is 0 Å². The first-order valence-corrected chi connectivity index (χ1v) is 12.4. The topological polar surface area (TPSA) is 101 Å². The Hall–Kier alpha value is -4.47. The van der Waals surface area contributed by atoms with Crippen molar-refractivity contribution in [2.24, 2.45) is 0 Å². The lowest BCUT2D eigenvalue weighted by Crippen LogP contribution is -2.26. The van der Waals surface area contributed by atoms with Gasteiger partial charge >= 0.3 is 0 Å². The van der Waals surface area contributed by atoms with Crippen LogP contribution in [0.3, 0.4) is 0 Å². The van der Waals surface area contributed by atoms with E-state index in [1.165, 1.54) is 18.2 Å². The van der Waals surface area contributed by atoms with Crippen LogP contribution < -0.4 is 16.1 Å². The van der Waals surface area contributed by atoms with E-state index in [0.29, 0.717) is 16.8 Å². The molecule has 2 amide bonds. The minimum absolute atomic E-state index is 0.187. The first-order valence-electron chi connectivity index (χ1n) is 12.4. The van der Waals surface area contributed by atoms with E-state index in [-0.39, 0.29) is 18.4 Å². The largest absolute Gasteiger partial charge is 0.348 e. The van der Waals surface area contributed by atoms with Crippen molar-refractivity contribution in [3.8, 4) is 5.69 Å². The van der Waals surface area contributed by atoms with Crippen molar-refractivity contribution in [1.82, 2.24) is 19.8 Å². The molecule has 9 nitrogen and oxygen atoms in total. The molecule has 3 aromatic carbocycles. The molecule has 5 rings (SSSR count). The third kappa shape index (κ3) is 5.74. The summed E-state index contributed by atoms with van der Waals surface area (Å²) in [6, 6.07) is 18.6. The molecule has 0 saturated carbocycles. The molecule has 0 aliphatic carbocycles. The highest BCUT2D eigenvalue weighted by atomic mass is 16.6. The number of hydrogen-bond acceptors (Lipinski definition) is 6. The fourth-order valence-corrected chi connectivity index (χ4v) is 4.58. The van der Waals surface area contributed by atoms with Gasteiger partial charge in [0.25, 0.3) is 11.8 Å². The summed E-state index contributed by atoms with van der Waals surface area (Å²) in [5, 5.41) is 5.94. The predicted octanol–water partition coefficient (Wildman–Crippen LogP) is 4.02. The maximum absolute atomic E-state index is 13.0. The highest BCUT2D eigenvalue weighted by Gasteiger charge is 2.15. The van der Waals surface area contributed by atoms with Gasteiger partial charge in [-0.1, -0.05) is 18.2 Å². The summed E-state index contributed by atoms with van der Waals surface area (Å²) in [4.78, 5) is 37.3. The zero-order valence-corrected chi connectivity index (χ0v) is 21.4. The van der Waals surface area contributed by atoms with Crippen molar-refractivity contribution in [2.75, 3.05) is 31.5 Å². The van der Waals surface area contributed by atoms with Gasteiger partial charge < -0.3 is 20.1 Å². The van der Waals surface area contributed by atoms with E-state index in [0.717, 1.165) is 36.4 Å². The van der Waals surface area contributed by atoms with Gasteiger partial charge in [0, 0.05) is 48.8 Å². The van der Waals surface area contributed by atoms with E-state index in [4.69, 9.17) is 4.84 Å². The van der Waals surface area contributed by atoms with E-state index in [9.17, 15) is 9.59 Å². The number of carbonyl (C=O) groups excluding carboxylic acids is 2. The number of rotatable bonds is 8. The first-order chi connectivity index (χ1) is 18.5. The van der Waals surface area contributed by atoms with Crippen molar-refractivity contribution < 1.29 is 14.4 Å². The molecule has 0 atom stereocenters. The molecule has 0 spiro atoms. The van der Waals surface area contributed by atoms with Crippen LogP contribution >= 0.6 is 0 Å². The highest BCUT2D eigenvalue weighted by Crippen LogP contribution is 2.23. The average Bonchev–Trinajstić information content (AvgIpc) is 3.47. The third-order valence-corrected chi connectivity index (χ3v) is 6.56. The molecule has 0 unspecified atom stereocenters. The Morgan fingerprint density at radius 1 is 1.00 bits per heavy atom. The second-order valence-electron chi connectivity index (χ2n) is 9.32. The van der Waals surface area contributed by atoms with Crippen LogP contribution in [0.2, 0.25) is 0 Å². The molecule has 2 heterocycles. The van der Waals surface area contributed by atoms with E-state index in [1.54, 1.807) is 36.8 Å². The molecule has 0 fully saturated rings. The van der Waals surface area contributed by atoms with Crippen molar-refractivity contribution >= 4 is 23.2 Å². The van der Waals surface area contributed by atoms with Crippen molar-refractivity contribution in [3.05, 3.63) is 107 Å². The van der Waals surface area contributed by atoms with Crippen molar-refractivity contribution in [3.63, 3.8) is 0 Å². The van der Waals surface area contributed by atoms with E-state index in [1.807, 2.05) is 35.0 Å². The number of aromatic nitrogens is 2. The van der Waals surface area contributed by atoms with Gasteiger partial charge in [-0.25, -0.2) is 4.98 Å². The number of carbonyl (C=O) groups is 2. The predicted molar refractivity (Wildman–Crippen MR) is 146 cm³/mol. The molecule has 1 aliphatic heterocycles. The van der Waals surface area contributed by atoms with Crippen LogP contribution in [0, 0.1) is 0 Å². The monoisotopic (exact) mass is 510 g/mol. The van der Waals surface area contributed by atoms with Crippen LogP contribution in [-0.2, 0) is 24.3 Å². The Bertz CT molecular complexity index is 1450. The van der Waals surface area contributed by atoms with Crippen LogP contribution in [0.15, 0.2) is 79.4 Å². The van der Waals surface area contributed by atoms with Gasteiger partial charge in [-0.05, 0) is 72.6 Å². The number of benzene rings is 3. The van der Waals surface area contributed by atoms with Gasteiger partial charge in [0.2, 0.25) is 0 Å². The van der Waals surface area contributed by atoms with Crippen LogP contribution in [-0.4, -0.2) is 47.0 Å². The normalized spacial score (nSPS) is 13.0. The maximum atomic E-state index is 13.0. The fourth-order valence-electron chi connectivity index (χ4n) is 4.58. The average molecular weight is 511 g/mol. The van der Waals surface area contributed by atoms with Gasteiger partial charge in [-0.2, -0.15) is 0 Å². The van der Waals surface area contributed by atoms with Crippen LogP contribution in [0.5, 0.6) is 0 Å². The van der Waals surface area contributed by atoms with E-state index < -0.39 is 0 Å². The summed E-state index contributed by atoms with van der Waals surface area (Å²) in [6.45, 7) is 2.20. The zero-order chi connectivity index (χ0) is 26.5. The number of imidazole rings is 1. The smallest absolute Gasteiger partial charge is 0.255 e. The molecule has 1 aliphatic rings. The SMILES string of the molecule is CONc1cc(C(=O)NCc2cccc(C(=O)Nc3ccc4c(c3)CN(C)CC4)c2)ccc1-n1ccnc1. The van der Waals surface area contributed by atoms with Gasteiger partial charge in [0.1, 0.15) is 0 Å². The molecule has 3 N–H and O–H groups in total. The molecule has 0 radical (unpaired) electrons. The quantitative estimate of drug-likeness (QED) is 0.310. The van der Waals surface area contributed by atoms with E-state index in [2.05, 4.69) is 45.2 Å². The Kier molecular flexibility index (Phi) is 7.48. The second kappa shape index (κ2) is 11.3. The fraction of sp³-hybridized carbons (Fsp3) is 0.207. The summed E-state index contributed by atoms with van der Waals surface area (Å²) in [7, 11) is 3.61. The summed E-state index contributed by atoms with van der Waals surface area (Å²) in [5.41, 5.74) is 9.43. The summed E-state index contributed by atoms with van der Waals surface area (Å²) < 4.78 is 1.82. The molecule has 0 bridgehead atoms. The van der Waals surface area contributed by atoms with Gasteiger partial charge in [0.05, 0.1) is 24.8 Å². The molecule has 194 valence electrons. The lowest BCUT2D eigenvalue weighted by atomic mass is 9.99. The lowest BCUT2D eigenvalue weighted by Gasteiger charge is -2.25. The minimum Gasteiger partial charge on any atom is -0.348 e. The van der Waals surface area contributed by atoms with Crippen LogP contribution in [0.1, 0.15) is 37.4 Å². The van der Waals surface area contributed by atoms with Crippen molar-refractivity contribution in [1.29, 1.82) is 0 Å². The summed E-state index contributed by atoms with van der Waals surface area (Å²) in [6.07, 6.45) is 6.18. The number of amides is 2. The lowest BCUT2D eigenvalue weighted by molar-refractivity contribution is 0.0950. The van der Waals surface area contributed by atoms with Gasteiger partial charge in [0.15, 0.2) is 0 Å². The van der Waals surface area contributed by atoms with Crippen molar-refractivity contribution in [2.45, 2.75) is 19.5 Å². The number of hydrogen-bond donors (Lipinski definition) is 3. The highest BCUT2D eigenvalue weighted by molar-refractivity contribution is 6.04. The Labute approximate surface area is 221 Å². The molecule has 9 heteroatoms. The molecule has 4 aromatic rings. The number of nitrogens with one attached hydrogen (secondary N) is 3. The number of likely N-dealkylation sites (N-methyl/N-ethyl adjacent to an activating group) is 1. The first kappa shape index (κ1) is 25.2. The molecular weight excluding hydrogens is 480 g/mol. The molecule has 1 aromatic heterocycles. The Morgan fingerprint density at radius 2 is 1.87 bits per heavy atom. The van der Waals surface area contributed by atoms with Crippen LogP contribution in [0.4, 0.5) is 11.4 Å². The van der Waals surface area contributed by atoms with Gasteiger partial charge in [-0.3, -0.25) is 19.9 Å². The standard InChI is InChI=1S/C29H30N6O3/c1-34-12-10-21-6-8-25(15-24(21)18-34)32-29(37)22-5-3-4-20(14-22)17-31-28(36)23-7-9-27(26(16-23)33-38-2)35-13-11-30-19-35/h3-9,11,13-16,19,33H,10,12,17-18H2,1-2H3,(H,31,36)(H,32,37). The third-order valence-electron chi connectivity index (χ3n) is 6.56. The van der Waals surface area contributed by atoms with Crippen LogP contribution in [0.25, 0.3) is 5.69 Å². The number of anilines is 2. The molecule has 38 heavy (non-hydrogen) atoms. The Balaban J connectivity index is 1.23. The number of nitrogens with zero attached hydrogens (tertiary/aromatic N) is 3. The molecular formula is C29H30N6O3. The number of fused-ring (bicyclic) bond motifs is 1. The summed E-state index contributed by atoms with van der Waals surface area (Å²) >= 11 is 0. The van der Waals surface area contributed by atoms with Gasteiger partial charge in [-0.15, -0.1) is 0 Å².